The smallest absolute Gasteiger partial charge is 0.354 e. The molecule has 5 nitrogen and oxygen atoms in total. The average molecular weight is 328 g/mol. The lowest BCUT2D eigenvalue weighted by Gasteiger charge is -2.21. The van der Waals surface area contributed by atoms with Gasteiger partial charge in [-0.05, 0) is 6.92 Å². The molecule has 0 aliphatic carbocycles. The van der Waals surface area contributed by atoms with Gasteiger partial charge in [0.2, 0.25) is 6.23 Å². The minimum atomic E-state index is -0.967. The first-order chi connectivity index (χ1) is 11.2. The quantitative estimate of drug-likeness (QED) is 0.542. The van der Waals surface area contributed by atoms with Crippen LogP contribution in [0.2, 0.25) is 0 Å². The zero-order valence-electron chi connectivity index (χ0n) is 15.3. The normalized spacial score (nSPS) is 14.5. The van der Waals surface area contributed by atoms with Crippen molar-refractivity contribution in [3.05, 3.63) is 0 Å². The van der Waals surface area contributed by atoms with E-state index in [1.54, 1.807) is 11.8 Å². The fraction of sp³-hybridized carbons (Fsp3) is 0.889. The van der Waals surface area contributed by atoms with E-state index in [0.717, 1.165) is 0 Å². The van der Waals surface area contributed by atoms with Gasteiger partial charge in [-0.15, -0.1) is 0 Å². The van der Waals surface area contributed by atoms with E-state index in [9.17, 15) is 4.79 Å². The molecule has 0 amide bonds. The highest BCUT2D eigenvalue weighted by molar-refractivity contribution is 5.76. The van der Waals surface area contributed by atoms with Gasteiger partial charge in [-0.2, -0.15) is 0 Å². The van der Waals surface area contributed by atoms with E-state index in [-0.39, 0.29) is 0 Å². The number of rotatable bonds is 12. The van der Waals surface area contributed by atoms with Crippen LogP contribution < -0.4 is 0 Å². The molecule has 5 heteroatoms. The molecule has 0 saturated carbocycles. The van der Waals surface area contributed by atoms with Gasteiger partial charge in [-0.1, -0.05) is 71.6 Å². The third-order valence-electron chi connectivity index (χ3n) is 3.76. The van der Waals surface area contributed by atoms with Gasteiger partial charge in [0, 0.05) is 13.2 Å². The molecule has 1 atom stereocenters. The van der Waals surface area contributed by atoms with Crippen molar-refractivity contribution in [2.24, 2.45) is 4.99 Å². The van der Waals surface area contributed by atoms with Crippen molar-refractivity contribution < 1.29 is 14.6 Å². The van der Waals surface area contributed by atoms with E-state index in [0.29, 0.717) is 19.7 Å². The topological polar surface area (TPSA) is 62.1 Å². The van der Waals surface area contributed by atoms with E-state index in [1.807, 2.05) is 0 Å². The molecule has 23 heavy (non-hydrogen) atoms. The van der Waals surface area contributed by atoms with Gasteiger partial charge < -0.3 is 14.7 Å². The van der Waals surface area contributed by atoms with Crippen LogP contribution >= 0.6 is 0 Å². The van der Waals surface area contributed by atoms with Crippen molar-refractivity contribution in [3.63, 3.8) is 0 Å². The summed E-state index contributed by atoms with van der Waals surface area (Å²) in [6, 6.07) is 0. The molecule has 1 rings (SSSR count). The van der Waals surface area contributed by atoms with E-state index >= 15 is 0 Å². The van der Waals surface area contributed by atoms with Crippen molar-refractivity contribution in [2.45, 2.75) is 84.8 Å². The molecule has 0 aromatic rings. The standard InChI is InChI=1S/C11H24.C7H12N2O3/c1-3-5-7-9-11-10-8-6-4-2;1-2-12-6(7(10)11)9-4-3-8-5-9/h3-11H2,1-2H3;5-6H,2-4H2,1H3,(H,10,11). The maximum atomic E-state index is 10.6. The Kier molecular flexibility index (Phi) is 15.0. The molecule has 1 N–H and O–H groups in total. The first-order valence-corrected chi connectivity index (χ1v) is 9.27. The molecule has 136 valence electrons. The summed E-state index contributed by atoms with van der Waals surface area (Å²) < 4.78 is 5.02. The highest BCUT2D eigenvalue weighted by atomic mass is 16.5. The monoisotopic (exact) mass is 328 g/mol. The van der Waals surface area contributed by atoms with Crippen LogP contribution in [0.3, 0.4) is 0 Å². The van der Waals surface area contributed by atoms with Crippen LogP contribution in [0.4, 0.5) is 0 Å². The van der Waals surface area contributed by atoms with E-state index in [2.05, 4.69) is 18.8 Å². The van der Waals surface area contributed by atoms with Crippen LogP contribution in [0.25, 0.3) is 0 Å². The fourth-order valence-corrected chi connectivity index (χ4v) is 2.42. The van der Waals surface area contributed by atoms with Crippen LogP contribution in [0.1, 0.15) is 78.6 Å². The van der Waals surface area contributed by atoms with Crippen molar-refractivity contribution >= 4 is 12.3 Å². The Balaban J connectivity index is 0.000000423. The maximum absolute atomic E-state index is 10.6. The van der Waals surface area contributed by atoms with E-state index in [4.69, 9.17) is 9.84 Å². The Morgan fingerprint density at radius 3 is 1.96 bits per heavy atom. The highest BCUT2D eigenvalue weighted by Crippen LogP contribution is 2.08. The van der Waals surface area contributed by atoms with Crippen molar-refractivity contribution in [3.8, 4) is 0 Å². The van der Waals surface area contributed by atoms with Gasteiger partial charge in [-0.25, -0.2) is 4.79 Å². The third kappa shape index (κ3) is 12.0. The Bertz CT molecular complexity index is 301. The van der Waals surface area contributed by atoms with Gasteiger partial charge in [-0.3, -0.25) is 4.99 Å². The Morgan fingerprint density at radius 2 is 1.61 bits per heavy atom. The zero-order valence-corrected chi connectivity index (χ0v) is 15.3. The van der Waals surface area contributed by atoms with Gasteiger partial charge in [0.15, 0.2) is 0 Å². The maximum Gasteiger partial charge on any atom is 0.354 e. The molecule has 0 spiro atoms. The summed E-state index contributed by atoms with van der Waals surface area (Å²) in [5.74, 6) is -0.967. The third-order valence-corrected chi connectivity index (χ3v) is 3.76. The molecule has 1 heterocycles. The molecule has 1 unspecified atom stereocenters. The lowest BCUT2D eigenvalue weighted by molar-refractivity contribution is -0.158. The van der Waals surface area contributed by atoms with E-state index in [1.165, 1.54) is 64.1 Å². The predicted molar refractivity (Wildman–Crippen MR) is 96.0 cm³/mol. The molecule has 0 saturated heterocycles. The summed E-state index contributed by atoms with van der Waals surface area (Å²) in [4.78, 5) is 16.1. The van der Waals surface area contributed by atoms with Crippen LogP contribution in [0.15, 0.2) is 4.99 Å². The van der Waals surface area contributed by atoms with Crippen LogP contribution in [0, 0.1) is 0 Å². The van der Waals surface area contributed by atoms with Gasteiger partial charge in [0.1, 0.15) is 0 Å². The summed E-state index contributed by atoms with van der Waals surface area (Å²) in [6.45, 7) is 7.98. The SMILES string of the molecule is CCCCCCCCCCC.CCOC(C(=O)O)N1C=NCC1. The molecule has 0 radical (unpaired) electrons. The van der Waals surface area contributed by atoms with Gasteiger partial charge in [0.25, 0.3) is 0 Å². The number of hydrogen-bond acceptors (Lipinski definition) is 4. The molecule has 0 fully saturated rings. The Morgan fingerprint density at radius 1 is 1.09 bits per heavy atom. The summed E-state index contributed by atoms with van der Waals surface area (Å²) in [5.41, 5.74) is 0. The highest BCUT2D eigenvalue weighted by Gasteiger charge is 2.25. The minimum Gasteiger partial charge on any atom is -0.478 e. The Labute approximate surface area is 142 Å². The molecule has 1 aliphatic rings. The number of hydrogen-bond donors (Lipinski definition) is 1. The molecule has 0 aromatic heterocycles. The van der Waals surface area contributed by atoms with Crippen LogP contribution in [0.5, 0.6) is 0 Å². The second kappa shape index (κ2) is 15.8. The summed E-state index contributed by atoms with van der Waals surface area (Å²) in [7, 11) is 0. The Hall–Kier alpha value is -1.10. The number of carboxylic acid groups (broad SMARTS) is 1. The summed E-state index contributed by atoms with van der Waals surface area (Å²) >= 11 is 0. The molecule has 0 aromatic carbocycles. The number of aliphatic carboxylic acids is 1. The largest absolute Gasteiger partial charge is 0.478 e. The first kappa shape index (κ1) is 21.9. The molecule has 0 bridgehead atoms. The average Bonchev–Trinajstić information content (AvgIpc) is 3.06. The summed E-state index contributed by atoms with van der Waals surface area (Å²) in [6.07, 6.45) is 13.6. The predicted octanol–water partition coefficient (Wildman–Crippen LogP) is 4.31. The number of unbranched alkanes of at least 4 members (excludes halogenated alkanes) is 8. The molecular weight excluding hydrogens is 292 g/mol. The minimum absolute atomic E-state index is 0.390. The van der Waals surface area contributed by atoms with Crippen LogP contribution in [-0.2, 0) is 9.53 Å². The zero-order chi connectivity index (χ0) is 17.3. The number of carbonyl (C=O) groups is 1. The van der Waals surface area contributed by atoms with Crippen molar-refractivity contribution in [1.82, 2.24) is 4.90 Å². The summed E-state index contributed by atoms with van der Waals surface area (Å²) in [5, 5.41) is 8.74. The molecule has 1 aliphatic heterocycles. The second-order valence-electron chi connectivity index (χ2n) is 5.88. The number of aliphatic imine (C=N–C) groups is 1. The van der Waals surface area contributed by atoms with Gasteiger partial charge in [0.05, 0.1) is 12.9 Å². The van der Waals surface area contributed by atoms with Crippen molar-refractivity contribution in [1.29, 1.82) is 0 Å². The van der Waals surface area contributed by atoms with Crippen molar-refractivity contribution in [2.75, 3.05) is 19.7 Å². The second-order valence-corrected chi connectivity index (χ2v) is 5.88. The number of carboxylic acids is 1. The van der Waals surface area contributed by atoms with Gasteiger partial charge >= 0.3 is 5.97 Å². The lowest BCUT2D eigenvalue weighted by atomic mass is 10.1. The molecular formula is C18H36N2O3. The fourth-order valence-electron chi connectivity index (χ4n) is 2.42. The first-order valence-electron chi connectivity index (χ1n) is 9.27. The lowest BCUT2D eigenvalue weighted by Crippen LogP contribution is -2.41. The van der Waals surface area contributed by atoms with Crippen LogP contribution in [-0.4, -0.2) is 48.2 Å². The van der Waals surface area contributed by atoms with E-state index < -0.39 is 12.2 Å². The number of nitrogens with zero attached hydrogens (tertiary/aromatic N) is 2. The number of ether oxygens (including phenoxy) is 1.